The predicted octanol–water partition coefficient (Wildman–Crippen LogP) is 4.02. The summed E-state index contributed by atoms with van der Waals surface area (Å²) in [5.74, 6) is 0.297. The zero-order valence-corrected chi connectivity index (χ0v) is 14.8. The third kappa shape index (κ3) is 3.39. The zero-order chi connectivity index (χ0) is 14.9. The highest BCUT2D eigenvalue weighted by Crippen LogP contribution is 2.22. The van der Waals surface area contributed by atoms with Crippen LogP contribution in [-0.4, -0.2) is 13.4 Å². The van der Waals surface area contributed by atoms with Crippen LogP contribution in [0.1, 0.15) is 11.3 Å². The Hall–Kier alpha value is -0.920. The van der Waals surface area contributed by atoms with Crippen LogP contribution in [0.4, 0.5) is 5.82 Å². The SMILES string of the molecule is Cc1cc(S(=O)(=O)Nc2ccc(Br)c(C)n2)ccc1Br. The Bertz CT molecular complexity index is 761. The maximum atomic E-state index is 12.3. The van der Waals surface area contributed by atoms with Gasteiger partial charge in [0, 0.05) is 8.95 Å². The second-order valence-electron chi connectivity index (χ2n) is 4.28. The number of sulfonamides is 1. The summed E-state index contributed by atoms with van der Waals surface area (Å²) < 4.78 is 28.7. The average molecular weight is 420 g/mol. The van der Waals surface area contributed by atoms with E-state index in [1.807, 2.05) is 6.92 Å². The van der Waals surface area contributed by atoms with Crippen molar-refractivity contribution < 1.29 is 8.42 Å². The van der Waals surface area contributed by atoms with Crippen molar-refractivity contribution in [3.05, 3.63) is 50.5 Å². The molecule has 0 unspecified atom stereocenters. The molecule has 0 bridgehead atoms. The maximum Gasteiger partial charge on any atom is 0.263 e. The standard InChI is InChI=1S/C13H12Br2N2O2S/c1-8-7-10(3-4-11(8)14)20(18,19)17-13-6-5-12(15)9(2)16-13/h3-7H,1-2H3,(H,16,17). The lowest BCUT2D eigenvalue weighted by atomic mass is 10.2. The molecule has 4 nitrogen and oxygen atoms in total. The molecule has 0 aliphatic carbocycles. The van der Waals surface area contributed by atoms with Gasteiger partial charge < -0.3 is 0 Å². The summed E-state index contributed by atoms with van der Waals surface area (Å²) in [6.45, 7) is 3.64. The molecule has 0 atom stereocenters. The lowest BCUT2D eigenvalue weighted by Crippen LogP contribution is -2.14. The number of aromatic nitrogens is 1. The van der Waals surface area contributed by atoms with Crippen LogP contribution in [-0.2, 0) is 10.0 Å². The van der Waals surface area contributed by atoms with E-state index in [1.54, 1.807) is 37.3 Å². The molecule has 1 N–H and O–H groups in total. The Morgan fingerprint density at radius 3 is 2.30 bits per heavy atom. The maximum absolute atomic E-state index is 12.3. The summed E-state index contributed by atoms with van der Waals surface area (Å²) in [5, 5.41) is 0. The quantitative estimate of drug-likeness (QED) is 0.816. The highest BCUT2D eigenvalue weighted by molar-refractivity contribution is 9.10. The monoisotopic (exact) mass is 418 g/mol. The fraction of sp³-hybridized carbons (Fsp3) is 0.154. The van der Waals surface area contributed by atoms with E-state index >= 15 is 0 Å². The molecule has 2 rings (SSSR count). The number of benzene rings is 1. The Kier molecular flexibility index (Phi) is 4.51. The Labute approximate surface area is 134 Å². The van der Waals surface area contributed by atoms with Gasteiger partial charge in [-0.05, 0) is 65.7 Å². The van der Waals surface area contributed by atoms with E-state index in [2.05, 4.69) is 41.6 Å². The zero-order valence-electron chi connectivity index (χ0n) is 10.8. The largest absolute Gasteiger partial charge is 0.263 e. The van der Waals surface area contributed by atoms with Crippen LogP contribution in [0.15, 0.2) is 44.2 Å². The predicted molar refractivity (Wildman–Crippen MR) is 86.4 cm³/mol. The van der Waals surface area contributed by atoms with Crippen LogP contribution in [0.2, 0.25) is 0 Å². The highest BCUT2D eigenvalue weighted by atomic mass is 79.9. The molecule has 1 aromatic heterocycles. The summed E-state index contributed by atoms with van der Waals surface area (Å²) >= 11 is 6.67. The van der Waals surface area contributed by atoms with Crippen LogP contribution in [0.5, 0.6) is 0 Å². The van der Waals surface area contributed by atoms with Crippen LogP contribution >= 0.6 is 31.9 Å². The van der Waals surface area contributed by atoms with Gasteiger partial charge in [-0.3, -0.25) is 4.72 Å². The average Bonchev–Trinajstić information content (AvgIpc) is 2.37. The third-order valence-electron chi connectivity index (χ3n) is 2.70. The second-order valence-corrected chi connectivity index (χ2v) is 7.67. The number of nitrogens with zero attached hydrogens (tertiary/aromatic N) is 1. The van der Waals surface area contributed by atoms with Gasteiger partial charge in [-0.1, -0.05) is 15.9 Å². The first kappa shape index (κ1) is 15.5. The molecule has 0 aliphatic rings. The van der Waals surface area contributed by atoms with Crippen molar-refractivity contribution in [1.82, 2.24) is 4.98 Å². The minimum absolute atomic E-state index is 0.209. The van der Waals surface area contributed by atoms with Gasteiger partial charge in [-0.15, -0.1) is 0 Å². The Morgan fingerprint density at radius 1 is 1.05 bits per heavy atom. The number of hydrogen-bond donors (Lipinski definition) is 1. The molecule has 20 heavy (non-hydrogen) atoms. The van der Waals surface area contributed by atoms with Crippen molar-refractivity contribution in [3.63, 3.8) is 0 Å². The first-order chi connectivity index (χ1) is 9.29. The van der Waals surface area contributed by atoms with Gasteiger partial charge in [0.2, 0.25) is 0 Å². The van der Waals surface area contributed by atoms with Crippen LogP contribution < -0.4 is 4.72 Å². The number of anilines is 1. The fourth-order valence-corrected chi connectivity index (χ4v) is 3.14. The molecule has 0 fully saturated rings. The summed E-state index contributed by atoms with van der Waals surface area (Å²) in [6, 6.07) is 8.24. The van der Waals surface area contributed by atoms with E-state index in [1.165, 1.54) is 0 Å². The summed E-state index contributed by atoms with van der Waals surface area (Å²) in [5.41, 5.74) is 1.57. The topological polar surface area (TPSA) is 59.1 Å². The number of pyridine rings is 1. The molecule has 7 heteroatoms. The number of aryl methyl sites for hydroxylation is 2. The molecule has 2 aromatic rings. The Balaban J connectivity index is 2.35. The minimum atomic E-state index is -3.63. The molecular weight excluding hydrogens is 408 g/mol. The number of halogens is 2. The number of hydrogen-bond acceptors (Lipinski definition) is 3. The van der Waals surface area contributed by atoms with E-state index in [4.69, 9.17) is 0 Å². The van der Waals surface area contributed by atoms with Gasteiger partial charge in [0.1, 0.15) is 5.82 Å². The van der Waals surface area contributed by atoms with Crippen molar-refractivity contribution in [2.45, 2.75) is 18.7 Å². The smallest absolute Gasteiger partial charge is 0.263 e. The molecule has 0 amide bonds. The summed E-state index contributed by atoms with van der Waals surface area (Å²) in [4.78, 5) is 4.39. The van der Waals surface area contributed by atoms with E-state index in [0.29, 0.717) is 5.82 Å². The van der Waals surface area contributed by atoms with Gasteiger partial charge in [0.25, 0.3) is 10.0 Å². The number of rotatable bonds is 3. The third-order valence-corrected chi connectivity index (χ3v) is 5.78. The van der Waals surface area contributed by atoms with Crippen molar-refractivity contribution >= 4 is 47.7 Å². The highest BCUT2D eigenvalue weighted by Gasteiger charge is 2.16. The van der Waals surface area contributed by atoms with Crippen LogP contribution in [0, 0.1) is 13.8 Å². The molecule has 106 valence electrons. The van der Waals surface area contributed by atoms with Gasteiger partial charge in [0.05, 0.1) is 10.6 Å². The first-order valence-electron chi connectivity index (χ1n) is 5.72. The van der Waals surface area contributed by atoms with Crippen molar-refractivity contribution in [2.24, 2.45) is 0 Å². The van der Waals surface area contributed by atoms with Crippen molar-refractivity contribution in [2.75, 3.05) is 4.72 Å². The summed E-state index contributed by atoms with van der Waals surface area (Å²) in [7, 11) is -3.63. The lowest BCUT2D eigenvalue weighted by Gasteiger charge is -2.09. The second kappa shape index (κ2) is 5.83. The van der Waals surface area contributed by atoms with Crippen molar-refractivity contribution in [3.8, 4) is 0 Å². The molecule has 0 saturated carbocycles. The van der Waals surface area contributed by atoms with Crippen LogP contribution in [0.25, 0.3) is 0 Å². The van der Waals surface area contributed by atoms with Gasteiger partial charge in [-0.25, -0.2) is 13.4 Å². The Morgan fingerprint density at radius 2 is 1.70 bits per heavy atom. The van der Waals surface area contributed by atoms with Gasteiger partial charge in [-0.2, -0.15) is 0 Å². The normalized spacial score (nSPS) is 11.4. The number of nitrogens with one attached hydrogen (secondary N) is 1. The van der Waals surface area contributed by atoms with Gasteiger partial charge >= 0.3 is 0 Å². The van der Waals surface area contributed by atoms with Gasteiger partial charge in [0.15, 0.2) is 0 Å². The van der Waals surface area contributed by atoms with E-state index in [0.717, 1.165) is 20.2 Å². The molecule has 0 aliphatic heterocycles. The fourth-order valence-electron chi connectivity index (χ4n) is 1.58. The molecular formula is C13H12Br2N2O2S. The van der Waals surface area contributed by atoms with E-state index in [-0.39, 0.29) is 4.90 Å². The molecule has 1 heterocycles. The molecule has 1 aromatic carbocycles. The minimum Gasteiger partial charge on any atom is -0.263 e. The molecule has 0 saturated heterocycles. The summed E-state index contributed by atoms with van der Waals surface area (Å²) in [6.07, 6.45) is 0. The van der Waals surface area contributed by atoms with Crippen LogP contribution in [0.3, 0.4) is 0 Å². The van der Waals surface area contributed by atoms with E-state index in [9.17, 15) is 8.42 Å². The molecule has 0 radical (unpaired) electrons. The first-order valence-corrected chi connectivity index (χ1v) is 8.78. The lowest BCUT2D eigenvalue weighted by molar-refractivity contribution is 0.601. The van der Waals surface area contributed by atoms with E-state index < -0.39 is 10.0 Å². The molecule has 0 spiro atoms. The van der Waals surface area contributed by atoms with Crippen molar-refractivity contribution in [1.29, 1.82) is 0 Å².